The summed E-state index contributed by atoms with van der Waals surface area (Å²) in [5.41, 5.74) is 0.283. The molecule has 118 valence electrons. The molecule has 8 heteroatoms. The number of rotatable bonds is 6. The maximum atomic E-state index is 12.3. The van der Waals surface area contributed by atoms with Crippen molar-refractivity contribution in [3.63, 3.8) is 0 Å². The van der Waals surface area contributed by atoms with Crippen molar-refractivity contribution in [1.29, 1.82) is 0 Å². The third-order valence-corrected chi connectivity index (χ3v) is 4.95. The summed E-state index contributed by atoms with van der Waals surface area (Å²) in [7, 11) is 3.02. The molecule has 1 heterocycles. The number of halogens is 1. The Morgan fingerprint density at radius 2 is 2.19 bits per heavy atom. The van der Waals surface area contributed by atoms with E-state index >= 15 is 0 Å². The van der Waals surface area contributed by atoms with Crippen molar-refractivity contribution in [3.05, 3.63) is 18.0 Å². The first-order valence-electron chi connectivity index (χ1n) is 6.76. The molecule has 0 aromatic carbocycles. The van der Waals surface area contributed by atoms with E-state index in [-0.39, 0.29) is 22.5 Å². The van der Waals surface area contributed by atoms with Crippen molar-refractivity contribution in [2.24, 2.45) is 5.92 Å². The Morgan fingerprint density at radius 3 is 2.71 bits per heavy atom. The summed E-state index contributed by atoms with van der Waals surface area (Å²) < 4.78 is 29.4. The summed E-state index contributed by atoms with van der Waals surface area (Å²) in [6.07, 6.45) is 3.26. The van der Waals surface area contributed by atoms with Gasteiger partial charge in [0.05, 0.1) is 6.61 Å². The first-order chi connectivity index (χ1) is 9.81. The molecule has 1 amide bonds. The molecule has 1 fully saturated rings. The monoisotopic (exact) mass is 334 g/mol. The fourth-order valence-electron chi connectivity index (χ4n) is 2.46. The number of hydrogen-bond acceptors (Lipinski definition) is 4. The Morgan fingerprint density at radius 1 is 1.52 bits per heavy atom. The predicted octanol–water partition coefficient (Wildman–Crippen LogP) is 1.59. The van der Waals surface area contributed by atoms with E-state index in [1.807, 2.05) is 0 Å². The summed E-state index contributed by atoms with van der Waals surface area (Å²) >= 11 is 0. The number of carbonyl (C=O) groups is 1. The van der Waals surface area contributed by atoms with Crippen LogP contribution in [0.1, 0.15) is 30.3 Å². The van der Waals surface area contributed by atoms with Crippen LogP contribution in [-0.4, -0.2) is 38.7 Å². The molecule has 0 radical (unpaired) electrons. The van der Waals surface area contributed by atoms with Gasteiger partial charge < -0.3 is 14.6 Å². The van der Waals surface area contributed by atoms with Gasteiger partial charge in [-0.05, 0) is 24.8 Å². The molecule has 2 rings (SSSR count). The van der Waals surface area contributed by atoms with Crippen LogP contribution in [0.15, 0.2) is 17.2 Å². The molecule has 0 atom stereocenters. The van der Waals surface area contributed by atoms with Gasteiger partial charge in [0.25, 0.3) is 15.0 Å². The maximum Gasteiger partial charge on any atom is 0.268 e. The van der Waals surface area contributed by atoms with E-state index in [4.69, 9.17) is 15.4 Å². The normalized spacial score (nSPS) is 21.9. The van der Waals surface area contributed by atoms with E-state index in [1.165, 1.54) is 19.4 Å². The lowest BCUT2D eigenvalue weighted by Crippen LogP contribution is -2.44. The van der Waals surface area contributed by atoms with E-state index in [0.717, 1.165) is 12.8 Å². The number of methoxy groups -OCH3 is 1. The number of nitrogens with one attached hydrogen (secondary N) is 1. The largest absolute Gasteiger partial charge is 0.383 e. The first kappa shape index (κ1) is 16.3. The number of carbonyl (C=O) groups excluding carboxylic acids is 1. The third-order valence-electron chi connectivity index (χ3n) is 3.63. The molecule has 1 aromatic rings. The molecule has 21 heavy (non-hydrogen) atoms. The molecule has 1 aliphatic carbocycles. The number of nitrogens with zero attached hydrogens (tertiary/aromatic N) is 1. The van der Waals surface area contributed by atoms with Gasteiger partial charge in [0, 0.05) is 36.6 Å². The lowest BCUT2D eigenvalue weighted by molar-refractivity contribution is 0.0884. The predicted molar refractivity (Wildman–Crippen MR) is 79.0 cm³/mol. The van der Waals surface area contributed by atoms with Crippen LogP contribution in [-0.2, 0) is 20.3 Å². The van der Waals surface area contributed by atoms with Gasteiger partial charge in [-0.1, -0.05) is 6.92 Å². The van der Waals surface area contributed by atoms with Gasteiger partial charge in [-0.3, -0.25) is 4.79 Å². The summed E-state index contributed by atoms with van der Waals surface area (Å²) in [4.78, 5) is 12.2. The van der Waals surface area contributed by atoms with E-state index in [9.17, 15) is 13.2 Å². The smallest absolute Gasteiger partial charge is 0.268 e. The van der Waals surface area contributed by atoms with Crippen LogP contribution >= 0.6 is 10.7 Å². The van der Waals surface area contributed by atoms with Crippen molar-refractivity contribution in [3.8, 4) is 0 Å². The minimum absolute atomic E-state index is 0.0765. The molecular formula is C13H19ClN2O4S. The molecule has 0 bridgehead atoms. The Labute approximate surface area is 128 Å². The fourth-order valence-corrected chi connectivity index (χ4v) is 3.22. The summed E-state index contributed by atoms with van der Waals surface area (Å²) in [6, 6.07) is 1.46. The second kappa shape index (κ2) is 6.37. The summed E-state index contributed by atoms with van der Waals surface area (Å²) in [5, 5.41) is 2.91. The van der Waals surface area contributed by atoms with E-state index < -0.39 is 9.05 Å². The van der Waals surface area contributed by atoms with Crippen LogP contribution in [0.2, 0.25) is 0 Å². The van der Waals surface area contributed by atoms with Crippen LogP contribution in [0, 0.1) is 5.92 Å². The SMILES string of the molecule is COCCn1cc(S(=O)(=O)Cl)cc1C(=O)NC1CC(C)C1. The van der Waals surface area contributed by atoms with Crippen molar-refractivity contribution >= 4 is 25.6 Å². The Balaban J connectivity index is 2.18. The zero-order valence-corrected chi connectivity index (χ0v) is 13.6. The number of amides is 1. The number of ether oxygens (including phenoxy) is 1. The van der Waals surface area contributed by atoms with Crippen molar-refractivity contribution in [2.45, 2.75) is 37.2 Å². The van der Waals surface area contributed by atoms with Crippen molar-refractivity contribution < 1.29 is 17.9 Å². The molecule has 0 saturated heterocycles. The van der Waals surface area contributed by atoms with Crippen molar-refractivity contribution in [2.75, 3.05) is 13.7 Å². The van der Waals surface area contributed by atoms with Crippen LogP contribution in [0.25, 0.3) is 0 Å². The maximum absolute atomic E-state index is 12.3. The van der Waals surface area contributed by atoms with Gasteiger partial charge in [0.1, 0.15) is 10.6 Å². The van der Waals surface area contributed by atoms with Gasteiger partial charge >= 0.3 is 0 Å². The highest BCUT2D eigenvalue weighted by Gasteiger charge is 2.28. The molecule has 1 aromatic heterocycles. The Hall–Kier alpha value is -1.05. The molecule has 0 aliphatic heterocycles. The van der Waals surface area contributed by atoms with Crippen LogP contribution in [0.5, 0.6) is 0 Å². The third kappa shape index (κ3) is 3.99. The number of hydrogen-bond donors (Lipinski definition) is 1. The zero-order valence-electron chi connectivity index (χ0n) is 12.0. The Bertz CT molecular complexity index is 620. The topological polar surface area (TPSA) is 77.4 Å². The quantitative estimate of drug-likeness (QED) is 0.801. The Kier molecular flexibility index (Phi) is 4.95. The summed E-state index contributed by atoms with van der Waals surface area (Å²) in [6.45, 7) is 2.88. The van der Waals surface area contributed by atoms with Crippen molar-refractivity contribution in [1.82, 2.24) is 9.88 Å². The second-order valence-electron chi connectivity index (χ2n) is 5.43. The highest BCUT2D eigenvalue weighted by Crippen LogP contribution is 2.27. The molecule has 6 nitrogen and oxygen atoms in total. The molecule has 0 unspecified atom stereocenters. The first-order valence-corrected chi connectivity index (χ1v) is 9.07. The van der Waals surface area contributed by atoms with Gasteiger partial charge in [-0.15, -0.1) is 0 Å². The molecule has 1 saturated carbocycles. The molecular weight excluding hydrogens is 316 g/mol. The number of aromatic nitrogens is 1. The highest BCUT2D eigenvalue weighted by atomic mass is 35.7. The minimum Gasteiger partial charge on any atom is -0.383 e. The fraction of sp³-hybridized carbons (Fsp3) is 0.615. The van der Waals surface area contributed by atoms with E-state index in [1.54, 1.807) is 4.57 Å². The van der Waals surface area contributed by atoms with E-state index in [2.05, 4.69) is 12.2 Å². The lowest BCUT2D eigenvalue weighted by Gasteiger charge is -2.33. The van der Waals surface area contributed by atoms with Crippen LogP contribution < -0.4 is 5.32 Å². The average Bonchev–Trinajstić information content (AvgIpc) is 2.78. The van der Waals surface area contributed by atoms with Gasteiger partial charge in [0.15, 0.2) is 0 Å². The summed E-state index contributed by atoms with van der Waals surface area (Å²) in [5.74, 6) is 0.337. The average molecular weight is 335 g/mol. The van der Waals surface area contributed by atoms with Crippen LogP contribution in [0.4, 0.5) is 0 Å². The highest BCUT2D eigenvalue weighted by molar-refractivity contribution is 8.13. The van der Waals surface area contributed by atoms with Gasteiger partial charge in [-0.2, -0.15) is 0 Å². The van der Waals surface area contributed by atoms with Crippen LogP contribution in [0.3, 0.4) is 0 Å². The zero-order chi connectivity index (χ0) is 15.6. The molecule has 1 N–H and O–H groups in total. The van der Waals surface area contributed by atoms with Gasteiger partial charge in [-0.25, -0.2) is 8.42 Å². The minimum atomic E-state index is -3.86. The molecule has 1 aliphatic rings. The standard InChI is InChI=1S/C13H19ClN2O4S/c1-9-5-10(6-9)15-13(17)12-7-11(21(14,18)19)8-16(12)3-4-20-2/h7-10H,3-6H2,1-2H3,(H,15,17). The molecule has 0 spiro atoms. The van der Waals surface area contributed by atoms with Gasteiger partial charge in [0.2, 0.25) is 0 Å². The van der Waals surface area contributed by atoms with E-state index in [0.29, 0.717) is 19.1 Å². The second-order valence-corrected chi connectivity index (χ2v) is 8.00. The lowest BCUT2D eigenvalue weighted by atomic mass is 9.82.